The molecule has 2 nitrogen and oxygen atoms in total. The fraction of sp³-hybridized carbons (Fsp3) is 0.364. The summed E-state index contributed by atoms with van der Waals surface area (Å²) < 4.78 is 0. The molecule has 0 spiro atoms. The minimum absolute atomic E-state index is 0.994. The molecule has 0 bridgehead atoms. The summed E-state index contributed by atoms with van der Waals surface area (Å²) >= 11 is 1.92. The highest BCUT2D eigenvalue weighted by atomic mass is 32.2. The van der Waals surface area contributed by atoms with Crippen molar-refractivity contribution < 1.29 is 0 Å². The summed E-state index contributed by atoms with van der Waals surface area (Å²) in [6.45, 7) is 0. The van der Waals surface area contributed by atoms with Crippen LogP contribution in [-0.2, 0) is 6.42 Å². The second-order valence-electron chi connectivity index (χ2n) is 3.40. The maximum absolute atomic E-state index is 8.76. The van der Waals surface area contributed by atoms with E-state index >= 15 is 0 Å². The standard InChI is InChI=1S/C11H12N2S/c1-13(8-12)10-4-5-11-9(7-10)3-2-6-14-11/h4-5,7H,2-3,6H2,1H3. The molecule has 0 N–H and O–H groups in total. The zero-order chi connectivity index (χ0) is 9.97. The van der Waals surface area contributed by atoms with E-state index in [9.17, 15) is 0 Å². The van der Waals surface area contributed by atoms with Gasteiger partial charge in [-0.05, 0) is 42.4 Å². The maximum atomic E-state index is 8.76. The molecule has 0 aliphatic carbocycles. The number of rotatable bonds is 1. The van der Waals surface area contributed by atoms with Crippen LogP contribution in [0.5, 0.6) is 0 Å². The summed E-state index contributed by atoms with van der Waals surface area (Å²) in [5, 5.41) is 8.76. The molecule has 0 aromatic heterocycles. The van der Waals surface area contributed by atoms with Crippen molar-refractivity contribution in [1.29, 1.82) is 5.26 Å². The van der Waals surface area contributed by atoms with E-state index in [-0.39, 0.29) is 0 Å². The minimum atomic E-state index is 0.994. The number of nitrogens with zero attached hydrogens (tertiary/aromatic N) is 2. The predicted molar refractivity (Wildman–Crippen MR) is 59.5 cm³/mol. The van der Waals surface area contributed by atoms with Gasteiger partial charge in [0.15, 0.2) is 6.19 Å². The summed E-state index contributed by atoms with van der Waals surface area (Å²) in [6, 6.07) is 6.27. The van der Waals surface area contributed by atoms with Crippen LogP contribution in [0.2, 0.25) is 0 Å². The molecule has 1 aromatic carbocycles. The number of thioether (sulfide) groups is 1. The highest BCUT2D eigenvalue weighted by molar-refractivity contribution is 7.99. The van der Waals surface area contributed by atoms with E-state index in [2.05, 4.69) is 18.3 Å². The third-order valence-electron chi connectivity index (χ3n) is 2.43. The second-order valence-corrected chi connectivity index (χ2v) is 4.54. The molecule has 0 atom stereocenters. The lowest BCUT2D eigenvalue weighted by molar-refractivity contribution is 0.889. The van der Waals surface area contributed by atoms with E-state index < -0.39 is 0 Å². The van der Waals surface area contributed by atoms with Crippen molar-refractivity contribution >= 4 is 17.4 Å². The first-order valence-electron chi connectivity index (χ1n) is 4.70. The van der Waals surface area contributed by atoms with Crippen LogP contribution in [0.15, 0.2) is 23.1 Å². The Balaban J connectivity index is 2.34. The van der Waals surface area contributed by atoms with Gasteiger partial charge in [-0.1, -0.05) is 0 Å². The van der Waals surface area contributed by atoms with E-state index in [4.69, 9.17) is 5.26 Å². The number of fused-ring (bicyclic) bond motifs is 1. The molecule has 0 saturated heterocycles. The number of nitriles is 1. The van der Waals surface area contributed by atoms with Gasteiger partial charge in [-0.2, -0.15) is 5.26 Å². The fourth-order valence-electron chi connectivity index (χ4n) is 1.61. The topological polar surface area (TPSA) is 27.0 Å². The maximum Gasteiger partial charge on any atom is 0.183 e. The van der Waals surface area contributed by atoms with E-state index in [1.165, 1.54) is 22.6 Å². The van der Waals surface area contributed by atoms with E-state index in [1.807, 2.05) is 17.8 Å². The lowest BCUT2D eigenvalue weighted by Gasteiger charge is -2.17. The average molecular weight is 204 g/mol. The molecule has 1 aliphatic heterocycles. The lowest BCUT2D eigenvalue weighted by atomic mass is 10.1. The number of hydrogen-bond acceptors (Lipinski definition) is 3. The molecule has 14 heavy (non-hydrogen) atoms. The zero-order valence-corrected chi connectivity index (χ0v) is 8.97. The van der Waals surface area contributed by atoms with Gasteiger partial charge in [-0.25, -0.2) is 0 Å². The lowest BCUT2D eigenvalue weighted by Crippen LogP contribution is -2.09. The van der Waals surface area contributed by atoms with E-state index in [0.717, 1.165) is 12.1 Å². The van der Waals surface area contributed by atoms with Crippen molar-refractivity contribution in [3.8, 4) is 6.19 Å². The first-order chi connectivity index (χ1) is 6.81. The molecular weight excluding hydrogens is 192 g/mol. The minimum Gasteiger partial charge on any atom is -0.283 e. The number of benzene rings is 1. The SMILES string of the molecule is CN(C#N)c1ccc2c(c1)CCCS2. The Morgan fingerprint density at radius 3 is 3.14 bits per heavy atom. The van der Waals surface area contributed by atoms with Crippen LogP contribution < -0.4 is 4.90 Å². The van der Waals surface area contributed by atoms with Crippen molar-refractivity contribution in [1.82, 2.24) is 0 Å². The number of hydrogen-bond donors (Lipinski definition) is 0. The normalized spacial score (nSPS) is 14.3. The van der Waals surface area contributed by atoms with Crippen molar-refractivity contribution in [2.75, 3.05) is 17.7 Å². The van der Waals surface area contributed by atoms with E-state index in [1.54, 1.807) is 11.9 Å². The van der Waals surface area contributed by atoms with Crippen molar-refractivity contribution in [2.24, 2.45) is 0 Å². The van der Waals surface area contributed by atoms with Crippen LogP contribution in [0.4, 0.5) is 5.69 Å². The van der Waals surface area contributed by atoms with Gasteiger partial charge in [0.2, 0.25) is 0 Å². The molecule has 1 aliphatic rings. The van der Waals surface area contributed by atoms with Gasteiger partial charge < -0.3 is 0 Å². The third-order valence-corrected chi connectivity index (χ3v) is 3.63. The van der Waals surface area contributed by atoms with Crippen LogP contribution >= 0.6 is 11.8 Å². The average Bonchev–Trinajstić information content (AvgIpc) is 2.27. The Labute approximate surface area is 88.5 Å². The predicted octanol–water partition coefficient (Wildman–Crippen LogP) is 2.64. The Kier molecular flexibility index (Phi) is 2.64. The fourth-order valence-corrected chi connectivity index (χ4v) is 2.63. The van der Waals surface area contributed by atoms with E-state index in [0.29, 0.717) is 0 Å². The zero-order valence-electron chi connectivity index (χ0n) is 8.16. The summed E-state index contributed by atoms with van der Waals surface area (Å²) in [6.07, 6.45) is 4.51. The quantitative estimate of drug-likeness (QED) is 0.520. The van der Waals surface area contributed by atoms with Crippen LogP contribution in [-0.4, -0.2) is 12.8 Å². The molecule has 0 amide bonds. The molecule has 1 aromatic rings. The van der Waals surface area contributed by atoms with Gasteiger partial charge in [0, 0.05) is 11.9 Å². The van der Waals surface area contributed by atoms with Gasteiger partial charge >= 0.3 is 0 Å². The molecule has 72 valence electrons. The Hall–Kier alpha value is -1.14. The van der Waals surface area contributed by atoms with Gasteiger partial charge in [0.25, 0.3) is 0 Å². The Morgan fingerprint density at radius 2 is 2.36 bits per heavy atom. The van der Waals surface area contributed by atoms with Gasteiger partial charge in [0.1, 0.15) is 0 Å². The molecule has 0 fully saturated rings. The Morgan fingerprint density at radius 1 is 1.50 bits per heavy atom. The molecular formula is C11H12N2S. The van der Waals surface area contributed by atoms with Gasteiger partial charge in [-0.3, -0.25) is 4.90 Å². The Bertz CT molecular complexity index is 381. The summed E-state index contributed by atoms with van der Waals surface area (Å²) in [5.74, 6) is 1.22. The number of anilines is 1. The summed E-state index contributed by atoms with van der Waals surface area (Å²) in [5.41, 5.74) is 2.38. The van der Waals surface area contributed by atoms with Crippen molar-refractivity contribution in [2.45, 2.75) is 17.7 Å². The van der Waals surface area contributed by atoms with Gasteiger partial charge in [0.05, 0.1) is 5.69 Å². The molecule has 0 unspecified atom stereocenters. The highest BCUT2D eigenvalue weighted by Gasteiger charge is 2.10. The summed E-state index contributed by atoms with van der Waals surface area (Å²) in [7, 11) is 1.79. The van der Waals surface area contributed by atoms with Crippen LogP contribution in [0.3, 0.4) is 0 Å². The molecule has 2 rings (SSSR count). The molecule has 0 saturated carbocycles. The largest absolute Gasteiger partial charge is 0.283 e. The van der Waals surface area contributed by atoms with Crippen molar-refractivity contribution in [3.63, 3.8) is 0 Å². The smallest absolute Gasteiger partial charge is 0.183 e. The molecule has 0 radical (unpaired) electrons. The number of aryl methyl sites for hydroxylation is 1. The van der Waals surface area contributed by atoms with Gasteiger partial charge in [-0.15, -0.1) is 11.8 Å². The molecule has 3 heteroatoms. The second kappa shape index (κ2) is 3.93. The van der Waals surface area contributed by atoms with Crippen LogP contribution in [0.1, 0.15) is 12.0 Å². The first-order valence-corrected chi connectivity index (χ1v) is 5.69. The first kappa shape index (κ1) is 9.42. The monoisotopic (exact) mass is 204 g/mol. The van der Waals surface area contributed by atoms with Crippen LogP contribution in [0.25, 0.3) is 0 Å². The third kappa shape index (κ3) is 1.71. The highest BCUT2D eigenvalue weighted by Crippen LogP contribution is 2.32. The summed E-state index contributed by atoms with van der Waals surface area (Å²) in [4.78, 5) is 2.98. The van der Waals surface area contributed by atoms with Crippen LogP contribution in [0, 0.1) is 11.5 Å². The van der Waals surface area contributed by atoms with Crippen molar-refractivity contribution in [3.05, 3.63) is 23.8 Å². The molecule has 1 heterocycles.